The number of nitrogens with zero attached hydrogens (tertiary/aromatic N) is 2. The van der Waals surface area contributed by atoms with Crippen molar-refractivity contribution >= 4 is 51.0 Å². The third-order valence-corrected chi connectivity index (χ3v) is 6.31. The van der Waals surface area contributed by atoms with E-state index in [1.165, 1.54) is 48.5 Å². The molecule has 0 spiro atoms. The molecule has 178 valence electrons. The number of carbonyl (C=O) groups is 4. The number of nitrogens with two attached hydrogens (primary N) is 1. The van der Waals surface area contributed by atoms with Gasteiger partial charge in [-0.2, -0.15) is 0 Å². The van der Waals surface area contributed by atoms with Crippen molar-refractivity contribution in [2.75, 3.05) is 11.4 Å². The van der Waals surface area contributed by atoms with E-state index in [1.807, 2.05) is 0 Å². The van der Waals surface area contributed by atoms with Crippen LogP contribution >= 0.6 is 11.6 Å². The average Bonchev–Trinajstić information content (AvgIpc) is 3.06. The largest absolute Gasteiger partial charge is 0.478 e. The Kier molecular flexibility index (Phi) is 7.50. The van der Waals surface area contributed by atoms with Gasteiger partial charge in [-0.25, -0.2) is 23.3 Å². The maximum Gasteiger partial charge on any atom is 0.328 e. The minimum Gasteiger partial charge on any atom is -0.478 e. The number of halogens is 1. The van der Waals surface area contributed by atoms with Gasteiger partial charge in [0, 0.05) is 23.7 Å². The minimum atomic E-state index is -3.87. The summed E-state index contributed by atoms with van der Waals surface area (Å²) in [5.41, 5.74) is 0.938. The van der Waals surface area contributed by atoms with Crippen LogP contribution in [0, 0.1) is 0 Å². The first kappa shape index (κ1) is 25.1. The molecule has 3 N–H and O–H groups in total. The fourth-order valence-corrected chi connectivity index (χ4v) is 4.12. The van der Waals surface area contributed by atoms with Crippen LogP contribution in [0.5, 0.6) is 0 Å². The molecule has 12 heteroatoms. The molecule has 0 saturated carbocycles. The summed E-state index contributed by atoms with van der Waals surface area (Å²) in [6.07, 6.45) is 1.39. The van der Waals surface area contributed by atoms with E-state index in [0.717, 1.165) is 15.9 Å². The van der Waals surface area contributed by atoms with Crippen LogP contribution in [-0.4, -0.2) is 54.7 Å². The van der Waals surface area contributed by atoms with E-state index in [1.54, 1.807) is 0 Å². The highest BCUT2D eigenvalue weighted by atomic mass is 35.5. The van der Waals surface area contributed by atoms with Gasteiger partial charge in [-0.1, -0.05) is 23.7 Å². The van der Waals surface area contributed by atoms with Gasteiger partial charge >= 0.3 is 5.97 Å². The van der Waals surface area contributed by atoms with Gasteiger partial charge in [-0.05, 0) is 48.4 Å². The lowest BCUT2D eigenvalue weighted by atomic mass is 10.1. The van der Waals surface area contributed by atoms with Gasteiger partial charge in [0.1, 0.15) is 6.04 Å². The van der Waals surface area contributed by atoms with Crippen molar-refractivity contribution in [2.45, 2.75) is 23.8 Å². The van der Waals surface area contributed by atoms with Crippen LogP contribution in [0.1, 0.15) is 12.0 Å². The summed E-state index contributed by atoms with van der Waals surface area (Å²) >= 11 is 5.87. The van der Waals surface area contributed by atoms with Crippen LogP contribution in [0.15, 0.2) is 65.6 Å². The Balaban J connectivity index is 1.84. The van der Waals surface area contributed by atoms with E-state index in [0.29, 0.717) is 22.3 Å². The number of rotatable bonds is 8. The lowest BCUT2D eigenvalue weighted by molar-refractivity contribution is -0.135. The Morgan fingerprint density at radius 1 is 1.09 bits per heavy atom. The molecule has 2 aromatic rings. The molecule has 0 bridgehead atoms. The molecule has 1 heterocycles. The molecule has 3 rings (SSSR count). The lowest BCUT2D eigenvalue weighted by Gasteiger charge is -2.26. The number of anilines is 1. The van der Waals surface area contributed by atoms with Gasteiger partial charge in [0.15, 0.2) is 0 Å². The Bertz CT molecular complexity index is 1260. The summed E-state index contributed by atoms with van der Waals surface area (Å²) in [5, 5.41) is 14.4. The second-order valence-electron chi connectivity index (χ2n) is 7.41. The summed E-state index contributed by atoms with van der Waals surface area (Å²) in [6, 6.07) is 10.6. The van der Waals surface area contributed by atoms with E-state index in [9.17, 15) is 27.6 Å². The normalized spacial score (nSPS) is 16.3. The number of hydrogen-bond donors (Lipinski definition) is 2. The van der Waals surface area contributed by atoms with Gasteiger partial charge in [0.05, 0.1) is 17.0 Å². The van der Waals surface area contributed by atoms with Crippen molar-refractivity contribution in [3.8, 4) is 0 Å². The fourth-order valence-electron chi connectivity index (χ4n) is 3.47. The van der Waals surface area contributed by atoms with Crippen molar-refractivity contribution in [3.05, 3.63) is 71.3 Å². The maximum absolute atomic E-state index is 13.1. The molecule has 1 atom stereocenters. The number of imide groups is 1. The third-order valence-electron chi connectivity index (χ3n) is 5.13. The summed E-state index contributed by atoms with van der Waals surface area (Å²) in [7, 11) is -3.87. The van der Waals surface area contributed by atoms with E-state index < -0.39 is 39.8 Å². The Hall–Kier alpha value is -3.54. The first-order valence-corrected chi connectivity index (χ1v) is 11.9. The second kappa shape index (κ2) is 10.2. The van der Waals surface area contributed by atoms with E-state index in [4.69, 9.17) is 21.8 Å². The van der Waals surface area contributed by atoms with Crippen LogP contribution in [-0.2, 0) is 35.6 Å². The summed E-state index contributed by atoms with van der Waals surface area (Å²) < 4.78 is 22.8. The molecule has 1 aliphatic rings. The Morgan fingerprint density at radius 2 is 1.71 bits per heavy atom. The molecule has 3 amide bonds. The highest BCUT2D eigenvalue weighted by molar-refractivity contribution is 7.89. The number of carboxylic acid groups (broad SMARTS) is 1. The molecule has 0 aliphatic carbocycles. The van der Waals surface area contributed by atoms with E-state index >= 15 is 0 Å². The summed E-state index contributed by atoms with van der Waals surface area (Å²) in [4.78, 5) is 51.4. The molecule has 34 heavy (non-hydrogen) atoms. The van der Waals surface area contributed by atoms with Crippen molar-refractivity contribution in [1.29, 1.82) is 0 Å². The Labute approximate surface area is 200 Å². The molecule has 0 aromatic heterocycles. The van der Waals surface area contributed by atoms with Gasteiger partial charge in [-0.3, -0.25) is 14.4 Å². The number of carboxylic acids is 1. The molecule has 2 aromatic carbocycles. The summed E-state index contributed by atoms with van der Waals surface area (Å²) in [5.74, 6) is -3.25. The standard InChI is InChI=1S/C22H20ClN3O7S/c23-15-3-5-16(6-4-15)26-20(28)13-18(22(26)31)25(19(27)9-10-21(29)30)12-11-14-1-7-17(8-2-14)34(24,32)33/h1-10,18H,11-13H2,(H,29,30)(H2,24,32,33)/b10-9+. The highest BCUT2D eigenvalue weighted by Crippen LogP contribution is 2.27. The topological polar surface area (TPSA) is 155 Å². The highest BCUT2D eigenvalue weighted by Gasteiger charge is 2.43. The van der Waals surface area contributed by atoms with Crippen LogP contribution in [0.25, 0.3) is 0 Å². The number of primary sulfonamides is 1. The van der Waals surface area contributed by atoms with Gasteiger partial charge in [0.2, 0.25) is 21.8 Å². The molecule has 1 unspecified atom stereocenters. The van der Waals surface area contributed by atoms with E-state index in [2.05, 4.69) is 0 Å². The number of aliphatic carboxylic acids is 1. The molecular formula is C22H20ClN3O7S. The van der Waals surface area contributed by atoms with Gasteiger partial charge in [-0.15, -0.1) is 0 Å². The van der Waals surface area contributed by atoms with Gasteiger partial charge < -0.3 is 10.0 Å². The predicted octanol–water partition coefficient (Wildman–Crippen LogP) is 1.33. The Morgan fingerprint density at radius 3 is 2.26 bits per heavy atom. The average molecular weight is 506 g/mol. The van der Waals surface area contributed by atoms with E-state index in [-0.39, 0.29) is 24.3 Å². The fraction of sp³-hybridized carbons (Fsp3) is 0.182. The SMILES string of the molecule is NS(=O)(=O)c1ccc(CCN(C(=O)/C=C/C(=O)O)C2CC(=O)N(c3ccc(Cl)cc3)C2=O)cc1. The quantitative estimate of drug-likeness (QED) is 0.405. The van der Waals surface area contributed by atoms with Crippen molar-refractivity contribution < 1.29 is 32.7 Å². The van der Waals surface area contributed by atoms with Crippen LogP contribution < -0.4 is 10.0 Å². The maximum atomic E-state index is 13.1. The first-order chi connectivity index (χ1) is 16.0. The monoisotopic (exact) mass is 505 g/mol. The predicted molar refractivity (Wildman–Crippen MR) is 122 cm³/mol. The molecule has 1 fully saturated rings. The molecule has 1 saturated heterocycles. The third kappa shape index (κ3) is 5.87. The number of sulfonamides is 1. The number of hydrogen-bond acceptors (Lipinski definition) is 6. The van der Waals surface area contributed by atoms with Crippen LogP contribution in [0.3, 0.4) is 0 Å². The molecule has 0 radical (unpaired) electrons. The zero-order chi connectivity index (χ0) is 25.0. The smallest absolute Gasteiger partial charge is 0.328 e. The summed E-state index contributed by atoms with van der Waals surface area (Å²) in [6.45, 7) is -0.0321. The van der Waals surface area contributed by atoms with Gasteiger partial charge in [0.25, 0.3) is 5.91 Å². The zero-order valence-electron chi connectivity index (χ0n) is 17.6. The van der Waals surface area contributed by atoms with Crippen LogP contribution in [0.2, 0.25) is 5.02 Å². The first-order valence-electron chi connectivity index (χ1n) is 9.93. The van der Waals surface area contributed by atoms with Crippen LogP contribution in [0.4, 0.5) is 5.69 Å². The number of carbonyl (C=O) groups excluding carboxylic acids is 3. The molecular weight excluding hydrogens is 486 g/mol. The van der Waals surface area contributed by atoms with Crippen molar-refractivity contribution in [2.24, 2.45) is 5.14 Å². The minimum absolute atomic E-state index is 0.0321. The second-order valence-corrected chi connectivity index (χ2v) is 9.40. The molecule has 10 nitrogen and oxygen atoms in total. The number of benzene rings is 2. The molecule has 1 aliphatic heterocycles. The number of amides is 3. The lowest BCUT2D eigenvalue weighted by Crippen LogP contribution is -2.46. The zero-order valence-corrected chi connectivity index (χ0v) is 19.2. The van der Waals surface area contributed by atoms with Crippen molar-refractivity contribution in [3.63, 3.8) is 0 Å². The van der Waals surface area contributed by atoms with Crippen molar-refractivity contribution in [1.82, 2.24) is 4.90 Å².